The van der Waals surface area contributed by atoms with Gasteiger partial charge >= 0.3 is 6.18 Å². The van der Waals surface area contributed by atoms with E-state index in [4.69, 9.17) is 11.6 Å². The highest BCUT2D eigenvalue weighted by atomic mass is 35.5. The van der Waals surface area contributed by atoms with Crippen LogP contribution in [0.1, 0.15) is 5.56 Å². The molecule has 3 nitrogen and oxygen atoms in total. The molecule has 0 spiro atoms. The van der Waals surface area contributed by atoms with Gasteiger partial charge < -0.3 is 0 Å². The Bertz CT molecular complexity index is 958. The van der Waals surface area contributed by atoms with Gasteiger partial charge in [-0.25, -0.2) is 4.98 Å². The minimum absolute atomic E-state index is 0.00967. The summed E-state index contributed by atoms with van der Waals surface area (Å²) in [5.74, 6) is 0. The molecule has 0 aliphatic carbocycles. The van der Waals surface area contributed by atoms with E-state index < -0.39 is 17.3 Å². The van der Waals surface area contributed by atoms with Gasteiger partial charge in [0.1, 0.15) is 5.15 Å². The monoisotopic (exact) mass is 382 g/mol. The van der Waals surface area contributed by atoms with Crippen molar-refractivity contribution in [1.82, 2.24) is 9.55 Å². The number of nitrogens with zero attached hydrogens (tertiary/aromatic N) is 2. The van der Waals surface area contributed by atoms with Crippen molar-refractivity contribution < 1.29 is 13.2 Å². The van der Waals surface area contributed by atoms with Gasteiger partial charge in [-0.2, -0.15) is 13.2 Å². The van der Waals surface area contributed by atoms with Crippen LogP contribution in [-0.2, 0) is 6.18 Å². The van der Waals surface area contributed by atoms with Crippen LogP contribution in [0.4, 0.5) is 13.2 Å². The molecule has 0 saturated heterocycles. The molecule has 0 bridgehead atoms. The SMILES string of the molecule is O=c1c(Sc2ccccc2)nc(Cl)cn1-c1cccc(C(F)(F)F)c1. The topological polar surface area (TPSA) is 34.9 Å². The first-order valence-corrected chi connectivity index (χ1v) is 8.24. The Hall–Kier alpha value is -2.25. The second-order valence-corrected chi connectivity index (χ2v) is 6.46. The fraction of sp³-hybridized carbons (Fsp3) is 0.0588. The van der Waals surface area contributed by atoms with Crippen molar-refractivity contribution in [1.29, 1.82) is 0 Å². The summed E-state index contributed by atoms with van der Waals surface area (Å²) in [6.45, 7) is 0. The predicted molar refractivity (Wildman–Crippen MR) is 90.4 cm³/mol. The van der Waals surface area contributed by atoms with Crippen molar-refractivity contribution in [3.05, 3.63) is 81.9 Å². The van der Waals surface area contributed by atoms with Crippen molar-refractivity contribution in [3.63, 3.8) is 0 Å². The zero-order valence-electron chi connectivity index (χ0n) is 12.5. The van der Waals surface area contributed by atoms with Crippen molar-refractivity contribution in [3.8, 4) is 5.69 Å². The van der Waals surface area contributed by atoms with Gasteiger partial charge in [0.25, 0.3) is 5.56 Å². The summed E-state index contributed by atoms with van der Waals surface area (Å²) in [5, 5.41) is 0.0894. The van der Waals surface area contributed by atoms with E-state index in [2.05, 4.69) is 4.98 Å². The molecule has 8 heteroatoms. The van der Waals surface area contributed by atoms with Gasteiger partial charge in [-0.15, -0.1) is 0 Å². The normalized spacial score (nSPS) is 11.5. The molecule has 0 aliphatic heterocycles. The molecule has 0 N–H and O–H groups in total. The van der Waals surface area contributed by atoms with Gasteiger partial charge in [0.2, 0.25) is 0 Å². The molecule has 0 fully saturated rings. The highest BCUT2D eigenvalue weighted by Crippen LogP contribution is 2.30. The Morgan fingerprint density at radius 1 is 1.04 bits per heavy atom. The average Bonchev–Trinajstić information content (AvgIpc) is 2.58. The number of alkyl halides is 3. The van der Waals surface area contributed by atoms with Crippen LogP contribution >= 0.6 is 23.4 Å². The lowest BCUT2D eigenvalue weighted by molar-refractivity contribution is -0.137. The maximum atomic E-state index is 12.9. The molecule has 128 valence electrons. The lowest BCUT2D eigenvalue weighted by Gasteiger charge is -2.11. The first-order valence-electron chi connectivity index (χ1n) is 7.04. The standard InChI is InChI=1S/C17H10ClF3N2OS/c18-14-10-23(12-6-4-5-11(9-12)17(19,20)21)16(24)15(22-14)25-13-7-2-1-3-8-13/h1-10H. The van der Waals surface area contributed by atoms with Crippen LogP contribution in [0, 0.1) is 0 Å². The van der Waals surface area contributed by atoms with Crippen molar-refractivity contribution in [2.45, 2.75) is 16.1 Å². The fourth-order valence-corrected chi connectivity index (χ4v) is 3.21. The smallest absolute Gasteiger partial charge is 0.279 e. The molecule has 25 heavy (non-hydrogen) atoms. The maximum absolute atomic E-state index is 12.9. The molecular weight excluding hydrogens is 373 g/mol. The lowest BCUT2D eigenvalue weighted by Crippen LogP contribution is -2.21. The molecule has 1 aromatic heterocycles. The molecule has 1 heterocycles. The molecule has 0 atom stereocenters. The molecule has 0 radical (unpaired) electrons. The van der Waals surface area contributed by atoms with E-state index in [1.54, 1.807) is 24.3 Å². The average molecular weight is 383 g/mol. The minimum atomic E-state index is -4.50. The summed E-state index contributed by atoms with van der Waals surface area (Å²) in [5.41, 5.74) is -1.32. The Morgan fingerprint density at radius 2 is 1.76 bits per heavy atom. The van der Waals surface area contributed by atoms with E-state index in [0.717, 1.165) is 33.4 Å². The number of hydrogen-bond acceptors (Lipinski definition) is 3. The van der Waals surface area contributed by atoms with Gasteiger partial charge in [0, 0.05) is 10.6 Å². The molecule has 0 aliphatic rings. The van der Waals surface area contributed by atoms with Crippen LogP contribution in [-0.4, -0.2) is 9.55 Å². The summed E-state index contributed by atoms with van der Waals surface area (Å²) in [4.78, 5) is 17.4. The number of aromatic nitrogens is 2. The van der Waals surface area contributed by atoms with E-state index in [9.17, 15) is 18.0 Å². The Kier molecular flexibility index (Phi) is 4.87. The molecule has 3 aromatic rings. The number of rotatable bonds is 3. The maximum Gasteiger partial charge on any atom is 0.416 e. The highest BCUT2D eigenvalue weighted by Gasteiger charge is 2.30. The Morgan fingerprint density at radius 3 is 2.44 bits per heavy atom. The molecule has 0 saturated carbocycles. The summed E-state index contributed by atoms with van der Waals surface area (Å²) < 4.78 is 39.8. The van der Waals surface area contributed by atoms with Gasteiger partial charge in [0.05, 0.1) is 11.8 Å². The van der Waals surface area contributed by atoms with Crippen LogP contribution < -0.4 is 5.56 Å². The van der Waals surface area contributed by atoms with E-state index in [-0.39, 0.29) is 15.9 Å². The third-order valence-corrected chi connectivity index (χ3v) is 4.40. The quantitative estimate of drug-likeness (QED) is 0.635. The summed E-state index contributed by atoms with van der Waals surface area (Å²) >= 11 is 7.06. The van der Waals surface area contributed by atoms with Crippen LogP contribution in [0.15, 0.2) is 75.5 Å². The summed E-state index contributed by atoms with van der Waals surface area (Å²) in [6, 6.07) is 13.5. The lowest BCUT2D eigenvalue weighted by atomic mass is 10.2. The number of halogens is 4. The van der Waals surface area contributed by atoms with Crippen LogP contribution in [0.5, 0.6) is 0 Å². The largest absolute Gasteiger partial charge is 0.416 e. The number of hydrogen-bond donors (Lipinski definition) is 0. The Balaban J connectivity index is 2.08. The highest BCUT2D eigenvalue weighted by molar-refractivity contribution is 7.99. The minimum Gasteiger partial charge on any atom is -0.279 e. The van der Waals surface area contributed by atoms with Crippen LogP contribution in [0.3, 0.4) is 0 Å². The predicted octanol–water partition coefficient (Wildman–Crippen LogP) is 5.06. The first kappa shape index (κ1) is 17.6. The Labute approximate surface area is 150 Å². The van der Waals surface area contributed by atoms with Crippen LogP contribution in [0.25, 0.3) is 5.69 Å². The molecular formula is C17H10ClF3N2OS. The van der Waals surface area contributed by atoms with Gasteiger partial charge in [-0.1, -0.05) is 47.6 Å². The van der Waals surface area contributed by atoms with E-state index in [1.165, 1.54) is 18.3 Å². The van der Waals surface area contributed by atoms with Crippen LogP contribution in [0.2, 0.25) is 5.15 Å². The molecule has 0 amide bonds. The van der Waals surface area contributed by atoms with Crippen molar-refractivity contribution in [2.24, 2.45) is 0 Å². The third kappa shape index (κ3) is 4.05. The second-order valence-electron chi connectivity index (χ2n) is 5.01. The van der Waals surface area contributed by atoms with E-state index >= 15 is 0 Å². The zero-order chi connectivity index (χ0) is 18.0. The van der Waals surface area contributed by atoms with Gasteiger partial charge in [-0.3, -0.25) is 9.36 Å². The fourth-order valence-electron chi connectivity index (χ4n) is 2.13. The van der Waals surface area contributed by atoms with E-state index in [0.29, 0.717) is 0 Å². The molecule has 2 aromatic carbocycles. The molecule has 0 unspecified atom stereocenters. The van der Waals surface area contributed by atoms with Crippen molar-refractivity contribution in [2.75, 3.05) is 0 Å². The van der Waals surface area contributed by atoms with Gasteiger partial charge in [-0.05, 0) is 30.3 Å². The van der Waals surface area contributed by atoms with E-state index in [1.807, 2.05) is 6.07 Å². The summed E-state index contributed by atoms with van der Waals surface area (Å²) in [7, 11) is 0. The van der Waals surface area contributed by atoms with Gasteiger partial charge in [0.15, 0.2) is 5.03 Å². The second kappa shape index (κ2) is 6.93. The third-order valence-electron chi connectivity index (χ3n) is 3.26. The first-order chi connectivity index (χ1) is 11.8. The molecule has 3 rings (SSSR count). The number of benzene rings is 2. The van der Waals surface area contributed by atoms with Crippen molar-refractivity contribution >= 4 is 23.4 Å². The zero-order valence-corrected chi connectivity index (χ0v) is 14.1. The summed E-state index contributed by atoms with van der Waals surface area (Å²) in [6.07, 6.45) is -3.30.